The van der Waals surface area contributed by atoms with E-state index in [9.17, 15) is 9.59 Å². The summed E-state index contributed by atoms with van der Waals surface area (Å²) < 4.78 is 0. The third-order valence-corrected chi connectivity index (χ3v) is 3.88. The number of nitrogens with one attached hydrogen (secondary N) is 1. The Morgan fingerprint density at radius 2 is 1.76 bits per heavy atom. The predicted octanol–water partition coefficient (Wildman–Crippen LogP) is 1.34. The van der Waals surface area contributed by atoms with Crippen molar-refractivity contribution in [1.29, 1.82) is 0 Å². The van der Waals surface area contributed by atoms with E-state index in [2.05, 4.69) is 10.2 Å². The summed E-state index contributed by atoms with van der Waals surface area (Å²) in [5.74, 6) is 0.400. The molecule has 0 bridgehead atoms. The van der Waals surface area contributed by atoms with E-state index in [1.165, 1.54) is 0 Å². The van der Waals surface area contributed by atoms with Gasteiger partial charge in [0, 0.05) is 31.0 Å². The van der Waals surface area contributed by atoms with Crippen molar-refractivity contribution in [3.05, 3.63) is 0 Å². The first-order valence-electron chi connectivity index (χ1n) is 7.93. The van der Waals surface area contributed by atoms with E-state index >= 15 is 0 Å². The minimum atomic E-state index is -0.332. The molecule has 5 heteroatoms. The zero-order chi connectivity index (χ0) is 16.0. The first kappa shape index (κ1) is 18.0. The van der Waals surface area contributed by atoms with Crippen LogP contribution in [0.4, 0.5) is 0 Å². The van der Waals surface area contributed by atoms with Gasteiger partial charge in [0.05, 0.1) is 0 Å². The lowest BCUT2D eigenvalue weighted by molar-refractivity contribution is -0.142. The molecule has 0 atom stereocenters. The van der Waals surface area contributed by atoms with Gasteiger partial charge in [0.2, 0.25) is 11.8 Å². The van der Waals surface area contributed by atoms with Crippen molar-refractivity contribution in [2.75, 3.05) is 40.3 Å². The highest BCUT2D eigenvalue weighted by Gasteiger charge is 2.32. The Balaban J connectivity index is 2.29. The number of hydrogen-bond acceptors (Lipinski definition) is 3. The van der Waals surface area contributed by atoms with Crippen molar-refractivity contribution >= 4 is 11.8 Å². The first-order chi connectivity index (χ1) is 9.71. The van der Waals surface area contributed by atoms with Gasteiger partial charge in [-0.15, -0.1) is 0 Å². The Kier molecular flexibility index (Phi) is 6.65. The maximum absolute atomic E-state index is 12.2. The summed E-state index contributed by atoms with van der Waals surface area (Å²) in [5, 5.41) is 3.01. The third kappa shape index (κ3) is 6.04. The van der Waals surface area contributed by atoms with Gasteiger partial charge in [-0.25, -0.2) is 0 Å². The molecule has 1 rings (SSSR count). The molecule has 0 aromatic carbocycles. The van der Waals surface area contributed by atoms with E-state index in [4.69, 9.17) is 0 Å². The van der Waals surface area contributed by atoms with Crippen LogP contribution in [0.15, 0.2) is 0 Å². The van der Waals surface area contributed by atoms with Crippen LogP contribution in [-0.2, 0) is 9.59 Å². The summed E-state index contributed by atoms with van der Waals surface area (Å²) in [7, 11) is 4.06. The number of nitrogens with zero attached hydrogens (tertiary/aromatic N) is 2. The van der Waals surface area contributed by atoms with Crippen LogP contribution in [0, 0.1) is 11.3 Å². The van der Waals surface area contributed by atoms with Crippen LogP contribution in [0.5, 0.6) is 0 Å². The van der Waals surface area contributed by atoms with Crippen molar-refractivity contribution in [2.24, 2.45) is 11.3 Å². The topological polar surface area (TPSA) is 52.7 Å². The second-order valence-corrected chi connectivity index (χ2v) is 7.26. The first-order valence-corrected chi connectivity index (χ1v) is 7.93. The van der Waals surface area contributed by atoms with Gasteiger partial charge in [-0.3, -0.25) is 9.59 Å². The van der Waals surface area contributed by atoms with Gasteiger partial charge in [-0.1, -0.05) is 20.8 Å². The number of likely N-dealkylation sites (tertiary alicyclic amines) is 1. The summed E-state index contributed by atoms with van der Waals surface area (Å²) in [6.45, 7) is 8.95. The molecular formula is C16H31N3O2. The van der Waals surface area contributed by atoms with Gasteiger partial charge in [0.15, 0.2) is 0 Å². The van der Waals surface area contributed by atoms with Gasteiger partial charge in [-0.2, -0.15) is 0 Å². The molecule has 0 saturated carbocycles. The molecule has 0 aromatic rings. The summed E-state index contributed by atoms with van der Waals surface area (Å²) >= 11 is 0. The second kappa shape index (κ2) is 7.78. The maximum Gasteiger partial charge on any atom is 0.227 e. The fourth-order valence-corrected chi connectivity index (χ4v) is 2.57. The molecule has 1 saturated heterocycles. The molecule has 1 N–H and O–H groups in total. The molecule has 122 valence electrons. The number of piperidine rings is 1. The molecule has 0 radical (unpaired) electrons. The molecule has 0 aliphatic carbocycles. The molecule has 2 amide bonds. The summed E-state index contributed by atoms with van der Waals surface area (Å²) in [6.07, 6.45) is 2.53. The lowest BCUT2D eigenvalue weighted by Crippen LogP contribution is -2.46. The van der Waals surface area contributed by atoms with Crippen LogP contribution in [-0.4, -0.2) is 61.9 Å². The van der Waals surface area contributed by atoms with Gasteiger partial charge < -0.3 is 15.1 Å². The molecular weight excluding hydrogens is 266 g/mol. The van der Waals surface area contributed by atoms with Gasteiger partial charge in [0.25, 0.3) is 0 Å². The Labute approximate surface area is 129 Å². The van der Waals surface area contributed by atoms with Gasteiger partial charge in [0.1, 0.15) is 0 Å². The zero-order valence-electron chi connectivity index (χ0n) is 14.2. The minimum absolute atomic E-state index is 0.0633. The normalized spacial score (nSPS) is 17.1. The molecule has 1 heterocycles. The van der Waals surface area contributed by atoms with Gasteiger partial charge >= 0.3 is 0 Å². The Bertz CT molecular complexity index is 353. The van der Waals surface area contributed by atoms with Crippen molar-refractivity contribution in [3.63, 3.8) is 0 Å². The Morgan fingerprint density at radius 3 is 2.24 bits per heavy atom. The van der Waals surface area contributed by atoms with Crippen LogP contribution in [0.2, 0.25) is 0 Å². The van der Waals surface area contributed by atoms with E-state index in [1.807, 2.05) is 39.8 Å². The van der Waals surface area contributed by atoms with E-state index in [0.717, 1.165) is 32.4 Å². The number of rotatable bonds is 5. The SMILES string of the molecule is CN(C)CCCNC(=O)C1CCN(C(=O)C(C)(C)C)CC1. The monoisotopic (exact) mass is 297 g/mol. The number of hydrogen-bond donors (Lipinski definition) is 1. The quantitative estimate of drug-likeness (QED) is 0.779. The highest BCUT2D eigenvalue weighted by atomic mass is 16.2. The fourth-order valence-electron chi connectivity index (χ4n) is 2.57. The number of carbonyl (C=O) groups excluding carboxylic acids is 2. The Morgan fingerprint density at radius 1 is 1.19 bits per heavy atom. The molecule has 1 aliphatic heterocycles. The molecule has 21 heavy (non-hydrogen) atoms. The smallest absolute Gasteiger partial charge is 0.227 e. The predicted molar refractivity (Wildman–Crippen MR) is 84.9 cm³/mol. The minimum Gasteiger partial charge on any atom is -0.356 e. The summed E-state index contributed by atoms with van der Waals surface area (Å²) in [6, 6.07) is 0. The standard InChI is InChI=1S/C16H31N3O2/c1-16(2,3)15(21)19-11-7-13(8-12-19)14(20)17-9-6-10-18(4)5/h13H,6-12H2,1-5H3,(H,17,20). The van der Waals surface area contributed by atoms with Crippen LogP contribution < -0.4 is 5.32 Å². The molecule has 5 nitrogen and oxygen atoms in total. The van der Waals surface area contributed by atoms with Crippen LogP contribution in [0.1, 0.15) is 40.0 Å². The highest BCUT2D eigenvalue weighted by Crippen LogP contribution is 2.23. The van der Waals surface area contributed by atoms with E-state index in [0.29, 0.717) is 13.1 Å². The van der Waals surface area contributed by atoms with E-state index in [-0.39, 0.29) is 23.1 Å². The van der Waals surface area contributed by atoms with Crippen LogP contribution in [0.25, 0.3) is 0 Å². The second-order valence-electron chi connectivity index (χ2n) is 7.26. The van der Waals surface area contributed by atoms with E-state index in [1.54, 1.807) is 0 Å². The van der Waals surface area contributed by atoms with Crippen molar-refractivity contribution < 1.29 is 9.59 Å². The lowest BCUT2D eigenvalue weighted by atomic mass is 9.90. The fraction of sp³-hybridized carbons (Fsp3) is 0.875. The average molecular weight is 297 g/mol. The third-order valence-electron chi connectivity index (χ3n) is 3.88. The molecule has 1 fully saturated rings. The number of amides is 2. The van der Waals surface area contributed by atoms with Crippen molar-refractivity contribution in [1.82, 2.24) is 15.1 Å². The highest BCUT2D eigenvalue weighted by molar-refractivity contribution is 5.82. The number of carbonyl (C=O) groups is 2. The molecule has 0 aromatic heterocycles. The molecule has 0 unspecified atom stereocenters. The molecule has 1 aliphatic rings. The molecule has 0 spiro atoms. The van der Waals surface area contributed by atoms with Crippen LogP contribution in [0.3, 0.4) is 0 Å². The summed E-state index contributed by atoms with van der Waals surface area (Å²) in [4.78, 5) is 28.3. The lowest BCUT2D eigenvalue weighted by Gasteiger charge is -2.35. The zero-order valence-corrected chi connectivity index (χ0v) is 14.2. The van der Waals surface area contributed by atoms with Crippen LogP contribution >= 0.6 is 0 Å². The van der Waals surface area contributed by atoms with Gasteiger partial charge in [-0.05, 0) is 39.9 Å². The summed E-state index contributed by atoms with van der Waals surface area (Å²) in [5.41, 5.74) is -0.332. The average Bonchev–Trinajstić information content (AvgIpc) is 2.41. The van der Waals surface area contributed by atoms with E-state index < -0.39 is 0 Å². The largest absolute Gasteiger partial charge is 0.356 e. The van der Waals surface area contributed by atoms with Crippen molar-refractivity contribution in [2.45, 2.75) is 40.0 Å². The maximum atomic E-state index is 12.2. The Hall–Kier alpha value is -1.10. The van der Waals surface area contributed by atoms with Crippen molar-refractivity contribution in [3.8, 4) is 0 Å².